The van der Waals surface area contributed by atoms with E-state index in [4.69, 9.17) is 5.73 Å². The molecule has 0 bridgehead atoms. The lowest BCUT2D eigenvalue weighted by Gasteiger charge is -1.95. The van der Waals surface area contributed by atoms with E-state index in [9.17, 15) is 0 Å². The molecule has 1 aliphatic carbocycles. The molecule has 0 aliphatic heterocycles. The lowest BCUT2D eigenvalue weighted by Crippen LogP contribution is -2.29. The quantitative estimate of drug-likeness (QED) is 0.684. The summed E-state index contributed by atoms with van der Waals surface area (Å²) in [4.78, 5) is 3.29. The fraction of sp³-hybridized carbons (Fsp3) is 0.364. The number of hydrogen-bond donors (Lipinski definition) is 2. The van der Waals surface area contributed by atoms with E-state index in [1.165, 1.54) is 29.4 Å². The first-order chi connectivity index (χ1) is 6.88. The van der Waals surface area contributed by atoms with Crippen LogP contribution < -0.4 is 10.3 Å². The van der Waals surface area contributed by atoms with Gasteiger partial charge in [0, 0.05) is 6.54 Å². The zero-order valence-electron chi connectivity index (χ0n) is 8.03. The molecule has 1 saturated carbocycles. The number of H-pyrrole nitrogens is 1. The molecule has 3 rings (SSSR count). The van der Waals surface area contributed by atoms with Gasteiger partial charge in [-0.25, -0.2) is 9.55 Å². The summed E-state index contributed by atoms with van der Waals surface area (Å²) in [5, 5.41) is 0. The van der Waals surface area contributed by atoms with Gasteiger partial charge >= 0.3 is 0 Å². The topological polar surface area (TPSA) is 45.7 Å². The monoisotopic (exact) mass is 188 g/mol. The number of aromatic nitrogens is 2. The number of rotatable bonds is 2. The lowest BCUT2D eigenvalue weighted by atomic mass is 10.2. The number of hydrogen-bond acceptors (Lipinski definition) is 1. The summed E-state index contributed by atoms with van der Waals surface area (Å²) in [6.45, 7) is 0.610. The van der Waals surface area contributed by atoms with Gasteiger partial charge in [-0.1, -0.05) is 6.07 Å². The molecule has 0 unspecified atom stereocenters. The van der Waals surface area contributed by atoms with Gasteiger partial charge in [-0.3, -0.25) is 0 Å². The van der Waals surface area contributed by atoms with Crippen LogP contribution in [-0.4, -0.2) is 4.98 Å². The smallest absolute Gasteiger partial charge is 0.242 e. The molecule has 14 heavy (non-hydrogen) atoms. The highest BCUT2D eigenvalue weighted by atomic mass is 15.1. The molecule has 2 aromatic rings. The van der Waals surface area contributed by atoms with Crippen molar-refractivity contribution in [1.82, 2.24) is 4.98 Å². The highest BCUT2D eigenvalue weighted by Crippen LogP contribution is 2.30. The fourth-order valence-corrected chi connectivity index (χ4v) is 1.91. The average molecular weight is 188 g/mol. The van der Waals surface area contributed by atoms with Crippen LogP contribution in [0.15, 0.2) is 24.5 Å². The van der Waals surface area contributed by atoms with Crippen LogP contribution in [0.25, 0.3) is 11.0 Å². The number of nitrogens with zero attached hydrogens (tertiary/aromatic N) is 1. The molecule has 0 radical (unpaired) electrons. The highest BCUT2D eigenvalue weighted by molar-refractivity contribution is 5.71. The van der Waals surface area contributed by atoms with E-state index in [1.807, 2.05) is 0 Å². The first-order valence-corrected chi connectivity index (χ1v) is 5.10. The molecule has 3 heteroatoms. The van der Waals surface area contributed by atoms with Gasteiger partial charge in [0.15, 0.2) is 11.0 Å². The van der Waals surface area contributed by atoms with Crippen molar-refractivity contribution in [3.05, 3.63) is 30.1 Å². The van der Waals surface area contributed by atoms with Gasteiger partial charge in [0.2, 0.25) is 6.33 Å². The number of aromatic amines is 1. The molecule has 3 nitrogen and oxygen atoms in total. The third kappa shape index (κ3) is 1.13. The summed E-state index contributed by atoms with van der Waals surface area (Å²) in [6.07, 6.45) is 4.70. The highest BCUT2D eigenvalue weighted by Gasteiger charge is 2.30. The van der Waals surface area contributed by atoms with Crippen molar-refractivity contribution in [2.24, 2.45) is 5.73 Å². The molecular weight excluding hydrogens is 174 g/mol. The van der Waals surface area contributed by atoms with E-state index >= 15 is 0 Å². The lowest BCUT2D eigenvalue weighted by molar-refractivity contribution is -0.674. The predicted molar refractivity (Wildman–Crippen MR) is 54.7 cm³/mol. The molecule has 72 valence electrons. The molecular formula is C11H14N3+. The van der Waals surface area contributed by atoms with Crippen molar-refractivity contribution in [1.29, 1.82) is 0 Å². The molecule has 1 heterocycles. The van der Waals surface area contributed by atoms with E-state index in [2.05, 4.69) is 34.1 Å². The Labute approximate surface area is 82.5 Å². The molecule has 0 amide bonds. The van der Waals surface area contributed by atoms with Gasteiger partial charge in [-0.2, -0.15) is 0 Å². The molecule has 1 aromatic carbocycles. The van der Waals surface area contributed by atoms with Crippen molar-refractivity contribution in [2.45, 2.75) is 25.4 Å². The van der Waals surface area contributed by atoms with E-state index in [1.54, 1.807) is 0 Å². The third-order valence-electron chi connectivity index (χ3n) is 2.87. The molecule has 1 aromatic heterocycles. The Bertz CT molecular complexity index is 468. The van der Waals surface area contributed by atoms with Crippen LogP contribution in [0.4, 0.5) is 0 Å². The minimum atomic E-state index is 0.610. The van der Waals surface area contributed by atoms with Gasteiger partial charge < -0.3 is 5.73 Å². The Hall–Kier alpha value is -1.35. The zero-order chi connectivity index (χ0) is 9.54. The van der Waals surface area contributed by atoms with E-state index < -0.39 is 0 Å². The molecule has 0 atom stereocenters. The SMILES string of the molecule is NCc1ccc2c(c1)[nH]c[n+]2C1CC1. The molecule has 3 N–H and O–H groups in total. The van der Waals surface area contributed by atoms with E-state index in [-0.39, 0.29) is 0 Å². The van der Waals surface area contributed by atoms with Gasteiger partial charge in [-0.15, -0.1) is 0 Å². The van der Waals surface area contributed by atoms with Crippen molar-refractivity contribution >= 4 is 11.0 Å². The molecule has 1 fully saturated rings. The summed E-state index contributed by atoms with van der Waals surface area (Å²) < 4.78 is 2.33. The fourth-order valence-electron chi connectivity index (χ4n) is 1.91. The van der Waals surface area contributed by atoms with Crippen LogP contribution in [0, 0.1) is 0 Å². The average Bonchev–Trinajstić information content (AvgIpc) is 2.98. The normalized spacial score (nSPS) is 16.4. The maximum absolute atomic E-state index is 5.60. The van der Waals surface area contributed by atoms with Crippen molar-refractivity contribution in [3.63, 3.8) is 0 Å². The van der Waals surface area contributed by atoms with Gasteiger partial charge in [0.25, 0.3) is 0 Å². The third-order valence-corrected chi connectivity index (χ3v) is 2.87. The zero-order valence-corrected chi connectivity index (χ0v) is 8.03. The summed E-state index contributed by atoms with van der Waals surface area (Å²) in [7, 11) is 0. The summed E-state index contributed by atoms with van der Waals surface area (Å²) in [6, 6.07) is 7.13. The van der Waals surface area contributed by atoms with Crippen molar-refractivity contribution in [3.8, 4) is 0 Å². The van der Waals surface area contributed by atoms with Crippen LogP contribution in [0.5, 0.6) is 0 Å². The second-order valence-corrected chi connectivity index (χ2v) is 3.97. The maximum atomic E-state index is 5.60. The van der Waals surface area contributed by atoms with Crippen LogP contribution in [0.1, 0.15) is 24.4 Å². The minimum Gasteiger partial charge on any atom is -0.326 e. The molecule has 1 aliphatic rings. The second kappa shape index (κ2) is 2.82. The Balaban J connectivity index is 2.17. The predicted octanol–water partition coefficient (Wildman–Crippen LogP) is 1.25. The van der Waals surface area contributed by atoms with E-state index in [0.29, 0.717) is 6.54 Å². The Kier molecular flexibility index (Phi) is 1.61. The van der Waals surface area contributed by atoms with Gasteiger partial charge in [0.05, 0.1) is 0 Å². The summed E-state index contributed by atoms with van der Waals surface area (Å²) >= 11 is 0. The minimum absolute atomic E-state index is 0.610. The van der Waals surface area contributed by atoms with Gasteiger partial charge in [-0.05, 0) is 30.5 Å². The molecule has 0 spiro atoms. The largest absolute Gasteiger partial charge is 0.326 e. The Morgan fingerprint density at radius 1 is 1.43 bits per heavy atom. The Morgan fingerprint density at radius 3 is 3.00 bits per heavy atom. The van der Waals surface area contributed by atoms with E-state index in [0.717, 1.165) is 6.04 Å². The number of imidazole rings is 1. The van der Waals surface area contributed by atoms with Crippen LogP contribution >= 0.6 is 0 Å². The Morgan fingerprint density at radius 2 is 2.29 bits per heavy atom. The maximum Gasteiger partial charge on any atom is 0.242 e. The van der Waals surface area contributed by atoms with Gasteiger partial charge in [0.1, 0.15) is 6.04 Å². The first kappa shape index (κ1) is 8.00. The number of nitrogens with one attached hydrogen (secondary N) is 1. The number of nitrogens with two attached hydrogens (primary N) is 1. The van der Waals surface area contributed by atoms with Crippen LogP contribution in [0.3, 0.4) is 0 Å². The van der Waals surface area contributed by atoms with Crippen molar-refractivity contribution in [2.75, 3.05) is 0 Å². The van der Waals surface area contributed by atoms with Crippen molar-refractivity contribution < 1.29 is 4.57 Å². The number of benzene rings is 1. The van der Waals surface area contributed by atoms with Crippen LogP contribution in [-0.2, 0) is 6.54 Å². The molecule has 0 saturated heterocycles. The summed E-state index contributed by atoms with van der Waals surface area (Å²) in [5.74, 6) is 0. The first-order valence-electron chi connectivity index (χ1n) is 5.10. The summed E-state index contributed by atoms with van der Waals surface area (Å²) in [5.41, 5.74) is 9.27. The second-order valence-electron chi connectivity index (χ2n) is 3.97. The van der Waals surface area contributed by atoms with Crippen LogP contribution in [0.2, 0.25) is 0 Å². The standard InChI is InChI=1S/C11H13N3/c12-6-8-1-4-11-10(5-8)13-7-14(11)9-2-3-9/h1,4-5,7,9H,2-3,6,12H2/p+1. The number of fused-ring (bicyclic) bond motifs is 1.